The number of aliphatic imine (C=N–C) groups is 1. The predicted molar refractivity (Wildman–Crippen MR) is 94.0 cm³/mol. The van der Waals surface area contributed by atoms with Crippen LogP contribution in [0.5, 0.6) is 0 Å². The number of hydrogen-bond acceptors (Lipinski definition) is 5. The first-order chi connectivity index (χ1) is 12.2. The maximum Gasteiger partial charge on any atom is 0.310 e. The molecule has 0 radical (unpaired) electrons. The van der Waals surface area contributed by atoms with Crippen molar-refractivity contribution in [2.45, 2.75) is 24.3 Å². The molecule has 0 spiro atoms. The van der Waals surface area contributed by atoms with E-state index in [1.54, 1.807) is 0 Å². The van der Waals surface area contributed by atoms with Gasteiger partial charge in [-0.3, -0.25) is 14.7 Å². The summed E-state index contributed by atoms with van der Waals surface area (Å²) in [7, 11) is 1.48. The number of fused-ring (bicyclic) bond motifs is 2. The van der Waals surface area contributed by atoms with Crippen LogP contribution in [0.4, 0.5) is 5.69 Å². The fourth-order valence-electron chi connectivity index (χ4n) is 5.79. The van der Waals surface area contributed by atoms with Gasteiger partial charge in [0.05, 0.1) is 30.7 Å². The molecule has 1 aliphatic carbocycles. The Hall–Kier alpha value is -1.98. The molecule has 1 saturated carbocycles. The third-order valence-electron chi connectivity index (χ3n) is 6.71. The molecule has 5 rings (SSSR count). The second kappa shape index (κ2) is 5.26. The van der Waals surface area contributed by atoms with E-state index in [2.05, 4.69) is 17.0 Å². The lowest BCUT2D eigenvalue weighted by atomic mass is 9.51. The van der Waals surface area contributed by atoms with E-state index in [0.29, 0.717) is 6.04 Å². The second-order valence-electron chi connectivity index (χ2n) is 7.53. The zero-order chi connectivity index (χ0) is 17.2. The normalized spacial score (nSPS) is 36.8. The van der Waals surface area contributed by atoms with Gasteiger partial charge < -0.3 is 9.84 Å². The molecular weight excluding hydrogens is 316 g/mol. The third kappa shape index (κ3) is 1.80. The van der Waals surface area contributed by atoms with Gasteiger partial charge in [-0.25, -0.2) is 0 Å². The number of rotatable bonds is 2. The highest BCUT2D eigenvalue weighted by molar-refractivity contribution is 6.09. The van der Waals surface area contributed by atoms with Gasteiger partial charge in [-0.2, -0.15) is 0 Å². The van der Waals surface area contributed by atoms with E-state index in [0.717, 1.165) is 37.3 Å². The molecule has 5 heteroatoms. The molecule has 0 aromatic heterocycles. The van der Waals surface area contributed by atoms with Crippen LogP contribution in [-0.2, 0) is 14.9 Å². The van der Waals surface area contributed by atoms with E-state index in [1.807, 2.05) is 18.2 Å². The van der Waals surface area contributed by atoms with Crippen LogP contribution in [0.2, 0.25) is 0 Å². The van der Waals surface area contributed by atoms with Crippen LogP contribution < -0.4 is 0 Å². The van der Waals surface area contributed by atoms with Crippen molar-refractivity contribution in [3.05, 3.63) is 41.5 Å². The Morgan fingerprint density at radius 1 is 1.48 bits per heavy atom. The largest absolute Gasteiger partial charge is 0.469 e. The zero-order valence-electron chi connectivity index (χ0n) is 14.3. The van der Waals surface area contributed by atoms with E-state index < -0.39 is 0 Å². The molecule has 130 valence electrons. The number of para-hydroxylation sites is 1. The summed E-state index contributed by atoms with van der Waals surface area (Å²) >= 11 is 0. The number of nitrogens with zero attached hydrogens (tertiary/aromatic N) is 2. The van der Waals surface area contributed by atoms with Crippen LogP contribution >= 0.6 is 0 Å². The first-order valence-corrected chi connectivity index (χ1v) is 9.01. The van der Waals surface area contributed by atoms with Crippen LogP contribution in [0.25, 0.3) is 0 Å². The maximum absolute atomic E-state index is 13.0. The van der Waals surface area contributed by atoms with Crippen molar-refractivity contribution in [2.75, 3.05) is 26.8 Å². The Kier molecular flexibility index (Phi) is 3.21. The van der Waals surface area contributed by atoms with E-state index in [-0.39, 0.29) is 29.8 Å². The van der Waals surface area contributed by atoms with Gasteiger partial charge in [0.15, 0.2) is 0 Å². The predicted octanol–water partition coefficient (Wildman–Crippen LogP) is 1.83. The summed E-state index contributed by atoms with van der Waals surface area (Å²) in [5.41, 5.74) is 4.18. The van der Waals surface area contributed by atoms with Crippen LogP contribution in [0.15, 0.2) is 40.9 Å². The monoisotopic (exact) mass is 338 g/mol. The average molecular weight is 338 g/mol. The molecule has 1 aromatic rings. The number of esters is 1. The first kappa shape index (κ1) is 15.3. The molecule has 0 unspecified atom stereocenters. The van der Waals surface area contributed by atoms with Gasteiger partial charge in [0.2, 0.25) is 0 Å². The summed E-state index contributed by atoms with van der Waals surface area (Å²) in [6.45, 7) is 1.78. The van der Waals surface area contributed by atoms with Crippen molar-refractivity contribution in [2.24, 2.45) is 16.8 Å². The molecule has 1 N–H and O–H groups in total. The summed E-state index contributed by atoms with van der Waals surface area (Å²) < 4.78 is 5.28. The molecule has 0 amide bonds. The summed E-state index contributed by atoms with van der Waals surface area (Å²) in [5.74, 6) is -0.283. The van der Waals surface area contributed by atoms with Gasteiger partial charge in [0, 0.05) is 24.8 Å². The number of piperidine rings is 2. The highest BCUT2D eigenvalue weighted by Crippen LogP contribution is 2.60. The molecule has 1 aromatic carbocycles. The van der Waals surface area contributed by atoms with E-state index in [1.165, 1.54) is 18.2 Å². The van der Waals surface area contributed by atoms with Crippen molar-refractivity contribution in [3.63, 3.8) is 0 Å². The standard InChI is InChI=1S/C20H22N2O3/c1-25-19(24)17-13-10-16-18-20(17,14-4-2-3-5-15(14)21-18)7-8-22(16)11-12(13)6-9-23/h2-6,13,16-17,23H,7-11H2,1H3/t13-,16-,17-,20+/m0/s1. The van der Waals surface area contributed by atoms with Crippen molar-refractivity contribution in [3.8, 4) is 0 Å². The zero-order valence-corrected chi connectivity index (χ0v) is 14.3. The molecule has 4 atom stereocenters. The quantitative estimate of drug-likeness (QED) is 0.660. The Morgan fingerprint density at radius 3 is 3.12 bits per heavy atom. The molecular formula is C20H22N2O3. The van der Waals surface area contributed by atoms with E-state index in [9.17, 15) is 9.90 Å². The Morgan fingerprint density at radius 2 is 2.32 bits per heavy atom. The number of carbonyl (C=O) groups excluding carboxylic acids is 1. The minimum absolute atomic E-state index is 0.0166. The molecule has 25 heavy (non-hydrogen) atoms. The highest BCUT2D eigenvalue weighted by atomic mass is 16.5. The fourth-order valence-corrected chi connectivity index (χ4v) is 5.79. The van der Waals surface area contributed by atoms with Crippen LogP contribution in [0, 0.1) is 11.8 Å². The highest BCUT2D eigenvalue weighted by Gasteiger charge is 2.65. The molecule has 4 aliphatic rings. The Bertz CT molecular complexity index is 815. The van der Waals surface area contributed by atoms with Gasteiger partial charge in [-0.15, -0.1) is 0 Å². The fraction of sp³-hybridized carbons (Fsp3) is 0.500. The maximum atomic E-state index is 13.0. The Labute approximate surface area is 147 Å². The van der Waals surface area contributed by atoms with Gasteiger partial charge in [0.1, 0.15) is 0 Å². The van der Waals surface area contributed by atoms with Crippen molar-refractivity contribution >= 4 is 17.4 Å². The summed E-state index contributed by atoms with van der Waals surface area (Å²) in [4.78, 5) is 20.4. The third-order valence-corrected chi connectivity index (χ3v) is 6.71. The van der Waals surface area contributed by atoms with Gasteiger partial charge in [-0.1, -0.05) is 29.8 Å². The second-order valence-corrected chi connectivity index (χ2v) is 7.53. The number of hydrogen-bond donors (Lipinski definition) is 1. The number of methoxy groups -OCH3 is 1. The minimum atomic E-state index is -0.345. The van der Waals surface area contributed by atoms with Crippen LogP contribution in [0.3, 0.4) is 0 Å². The summed E-state index contributed by atoms with van der Waals surface area (Å²) in [6, 6.07) is 8.54. The van der Waals surface area contributed by atoms with Crippen molar-refractivity contribution in [1.82, 2.24) is 4.90 Å². The van der Waals surface area contributed by atoms with E-state index in [4.69, 9.17) is 9.73 Å². The van der Waals surface area contributed by atoms with Crippen molar-refractivity contribution in [1.29, 1.82) is 0 Å². The molecule has 3 aliphatic heterocycles. The Balaban J connectivity index is 1.76. The lowest BCUT2D eigenvalue weighted by Crippen LogP contribution is -2.68. The van der Waals surface area contributed by atoms with Crippen LogP contribution in [0.1, 0.15) is 18.4 Å². The van der Waals surface area contributed by atoms with E-state index >= 15 is 0 Å². The smallest absolute Gasteiger partial charge is 0.310 e. The molecule has 5 nitrogen and oxygen atoms in total. The lowest BCUT2D eigenvalue weighted by molar-refractivity contribution is -0.151. The van der Waals surface area contributed by atoms with Gasteiger partial charge in [-0.05, 0) is 30.4 Å². The average Bonchev–Trinajstić information content (AvgIpc) is 2.98. The number of carbonyl (C=O) groups is 1. The molecule has 3 bridgehead atoms. The van der Waals surface area contributed by atoms with Gasteiger partial charge in [0.25, 0.3) is 0 Å². The topological polar surface area (TPSA) is 62.1 Å². The van der Waals surface area contributed by atoms with Crippen molar-refractivity contribution < 1.29 is 14.6 Å². The number of ether oxygens (including phenoxy) is 1. The SMILES string of the molecule is COC(=O)[C@@H]1[C@H]2C[C@H]3C4=Nc5ccccc5[C@@]41CCN3CC2=CCO. The summed E-state index contributed by atoms with van der Waals surface area (Å²) in [5, 5.41) is 9.48. The first-order valence-electron chi connectivity index (χ1n) is 9.01. The van der Waals surface area contributed by atoms with Gasteiger partial charge >= 0.3 is 5.97 Å². The van der Waals surface area contributed by atoms with Crippen LogP contribution in [-0.4, -0.2) is 54.5 Å². The number of aliphatic hydroxyl groups excluding tert-OH is 1. The number of benzene rings is 1. The lowest BCUT2D eigenvalue weighted by Gasteiger charge is -2.59. The minimum Gasteiger partial charge on any atom is -0.469 e. The summed E-state index contributed by atoms with van der Waals surface area (Å²) in [6.07, 6.45) is 3.69. The molecule has 2 saturated heterocycles. The number of aliphatic hydroxyl groups is 1. The molecule has 3 heterocycles. The molecule has 3 fully saturated rings.